The molecular weight excluding hydrogens is 274 g/mol. The number of carboxylic acids is 1. The molecule has 0 aromatic carbocycles. The maximum Gasteiger partial charge on any atom is 0.303 e. The first-order valence-corrected chi connectivity index (χ1v) is 5.44. The summed E-state index contributed by atoms with van der Waals surface area (Å²) in [5, 5.41) is 20.2. The number of nitrogens with one attached hydrogen (secondary N) is 1. The number of carbonyl (C=O) groups is 1. The third-order valence-electron chi connectivity index (χ3n) is 1.83. The van der Waals surface area contributed by atoms with Crippen molar-refractivity contribution in [1.29, 1.82) is 5.26 Å². The number of halogens is 1. The summed E-state index contributed by atoms with van der Waals surface area (Å²) in [4.78, 5) is 14.3. The lowest BCUT2D eigenvalue weighted by molar-refractivity contribution is -0.137. The highest BCUT2D eigenvalue weighted by Crippen LogP contribution is 2.16. The molecule has 0 unspecified atom stereocenters. The minimum atomic E-state index is -0.828. The predicted molar refractivity (Wildman–Crippen MR) is 62.0 cm³/mol. The van der Waals surface area contributed by atoms with E-state index in [1.54, 1.807) is 12.3 Å². The molecule has 1 rings (SSSR count). The quantitative estimate of drug-likeness (QED) is 0.807. The molecule has 0 aliphatic rings. The highest BCUT2D eigenvalue weighted by Gasteiger charge is 2.04. The fraction of sp³-hybridized carbons (Fsp3) is 0.300. The summed E-state index contributed by atoms with van der Waals surface area (Å²) in [5.74, 6) is -0.345. The molecule has 0 saturated heterocycles. The lowest BCUT2D eigenvalue weighted by atomic mass is 10.2. The Morgan fingerprint density at radius 1 is 1.69 bits per heavy atom. The smallest absolute Gasteiger partial charge is 0.303 e. The predicted octanol–water partition coefficient (Wildman–Crippen LogP) is 1.99. The van der Waals surface area contributed by atoms with E-state index in [4.69, 9.17) is 10.4 Å². The molecule has 0 aliphatic carbocycles. The Labute approximate surface area is 101 Å². The number of anilines is 1. The zero-order chi connectivity index (χ0) is 12.0. The van der Waals surface area contributed by atoms with Gasteiger partial charge in [-0.25, -0.2) is 4.98 Å². The Morgan fingerprint density at radius 3 is 3.06 bits per heavy atom. The van der Waals surface area contributed by atoms with Gasteiger partial charge in [-0.2, -0.15) is 5.26 Å². The standard InChI is InChI=1S/C10H10BrN3O2/c11-8-4-7(5-12)10(14-6-8)13-3-1-2-9(15)16/h4,6H,1-3H2,(H,13,14)(H,15,16). The zero-order valence-corrected chi connectivity index (χ0v) is 9.99. The SMILES string of the molecule is N#Cc1cc(Br)cnc1NCCCC(=O)O. The van der Waals surface area contributed by atoms with Crippen molar-refractivity contribution in [2.45, 2.75) is 12.8 Å². The largest absolute Gasteiger partial charge is 0.481 e. The van der Waals surface area contributed by atoms with Gasteiger partial charge in [0.25, 0.3) is 0 Å². The van der Waals surface area contributed by atoms with Gasteiger partial charge < -0.3 is 10.4 Å². The van der Waals surface area contributed by atoms with Crippen LogP contribution in [-0.2, 0) is 4.79 Å². The van der Waals surface area contributed by atoms with Crippen LogP contribution in [0.3, 0.4) is 0 Å². The number of rotatable bonds is 5. The molecular formula is C10H10BrN3O2. The van der Waals surface area contributed by atoms with E-state index < -0.39 is 5.97 Å². The molecule has 0 atom stereocenters. The lowest BCUT2D eigenvalue weighted by Crippen LogP contribution is -2.07. The molecule has 0 spiro atoms. The Kier molecular flexibility index (Phi) is 4.73. The molecule has 0 amide bonds. The van der Waals surface area contributed by atoms with E-state index in [9.17, 15) is 4.79 Å². The van der Waals surface area contributed by atoms with Crippen LogP contribution in [0.15, 0.2) is 16.7 Å². The van der Waals surface area contributed by atoms with Crippen molar-refractivity contribution >= 4 is 27.7 Å². The lowest BCUT2D eigenvalue weighted by Gasteiger charge is -2.06. The van der Waals surface area contributed by atoms with Gasteiger partial charge in [0.1, 0.15) is 11.9 Å². The van der Waals surface area contributed by atoms with Crippen LogP contribution in [0.1, 0.15) is 18.4 Å². The Bertz CT molecular complexity index is 429. The molecule has 16 heavy (non-hydrogen) atoms. The number of hydrogen-bond donors (Lipinski definition) is 2. The fourth-order valence-corrected chi connectivity index (χ4v) is 1.44. The minimum absolute atomic E-state index is 0.103. The molecule has 1 aromatic rings. The normalized spacial score (nSPS) is 9.50. The van der Waals surface area contributed by atoms with Crippen molar-refractivity contribution in [3.63, 3.8) is 0 Å². The number of nitrogens with zero attached hydrogens (tertiary/aromatic N) is 2. The molecule has 0 fully saturated rings. The number of pyridine rings is 1. The Hall–Kier alpha value is -1.61. The molecule has 0 saturated carbocycles. The maximum absolute atomic E-state index is 10.3. The third-order valence-corrected chi connectivity index (χ3v) is 2.27. The molecule has 5 nitrogen and oxygen atoms in total. The maximum atomic E-state index is 10.3. The molecule has 2 N–H and O–H groups in total. The van der Waals surface area contributed by atoms with Crippen LogP contribution in [-0.4, -0.2) is 22.6 Å². The van der Waals surface area contributed by atoms with Crippen LogP contribution >= 0.6 is 15.9 Å². The van der Waals surface area contributed by atoms with E-state index >= 15 is 0 Å². The molecule has 6 heteroatoms. The van der Waals surface area contributed by atoms with Gasteiger partial charge in [-0.15, -0.1) is 0 Å². The second-order valence-electron chi connectivity index (χ2n) is 3.09. The van der Waals surface area contributed by atoms with Crippen molar-refractivity contribution in [3.05, 3.63) is 22.3 Å². The number of carboxylic acid groups (broad SMARTS) is 1. The first-order chi connectivity index (χ1) is 7.63. The van der Waals surface area contributed by atoms with E-state index in [1.165, 1.54) is 0 Å². The highest BCUT2D eigenvalue weighted by molar-refractivity contribution is 9.10. The van der Waals surface area contributed by atoms with Crippen molar-refractivity contribution in [3.8, 4) is 6.07 Å². The van der Waals surface area contributed by atoms with Crippen LogP contribution in [0, 0.1) is 11.3 Å². The molecule has 0 aliphatic heterocycles. The van der Waals surface area contributed by atoms with Crippen LogP contribution in [0.2, 0.25) is 0 Å². The van der Waals surface area contributed by atoms with Crippen molar-refractivity contribution < 1.29 is 9.90 Å². The summed E-state index contributed by atoms with van der Waals surface area (Å²) >= 11 is 3.22. The molecule has 84 valence electrons. The summed E-state index contributed by atoms with van der Waals surface area (Å²) in [6.45, 7) is 0.482. The third kappa shape index (κ3) is 3.87. The molecule has 1 heterocycles. The van der Waals surface area contributed by atoms with Crippen LogP contribution in [0.25, 0.3) is 0 Å². The van der Waals surface area contributed by atoms with Crippen molar-refractivity contribution in [2.75, 3.05) is 11.9 Å². The molecule has 0 bridgehead atoms. The van der Waals surface area contributed by atoms with Gasteiger partial charge in [0.2, 0.25) is 0 Å². The topological polar surface area (TPSA) is 86.0 Å². The number of aliphatic carboxylic acids is 1. The number of aromatic nitrogens is 1. The molecule has 1 aromatic heterocycles. The van der Waals surface area contributed by atoms with Gasteiger partial charge in [-0.05, 0) is 28.4 Å². The number of hydrogen-bond acceptors (Lipinski definition) is 4. The monoisotopic (exact) mass is 283 g/mol. The van der Waals surface area contributed by atoms with Crippen molar-refractivity contribution in [1.82, 2.24) is 4.98 Å². The average molecular weight is 284 g/mol. The molecule has 0 radical (unpaired) electrons. The Balaban J connectivity index is 2.54. The summed E-state index contributed by atoms with van der Waals surface area (Å²) in [6.07, 6.45) is 2.18. The Morgan fingerprint density at radius 2 is 2.44 bits per heavy atom. The van der Waals surface area contributed by atoms with Gasteiger partial charge in [-0.3, -0.25) is 4.79 Å². The van der Waals surface area contributed by atoms with Gasteiger partial charge in [0.05, 0.1) is 5.56 Å². The zero-order valence-electron chi connectivity index (χ0n) is 8.40. The van der Waals surface area contributed by atoms with Crippen LogP contribution in [0.4, 0.5) is 5.82 Å². The van der Waals surface area contributed by atoms with Gasteiger partial charge in [0, 0.05) is 23.6 Å². The summed E-state index contributed by atoms with van der Waals surface area (Å²) < 4.78 is 0.736. The van der Waals surface area contributed by atoms with E-state index in [-0.39, 0.29) is 6.42 Å². The van der Waals surface area contributed by atoms with Crippen LogP contribution in [0.5, 0.6) is 0 Å². The van der Waals surface area contributed by atoms with Gasteiger partial charge in [-0.1, -0.05) is 0 Å². The first kappa shape index (κ1) is 12.5. The number of nitriles is 1. The van der Waals surface area contributed by atoms with E-state index in [0.29, 0.717) is 24.3 Å². The fourth-order valence-electron chi connectivity index (χ4n) is 1.11. The second-order valence-corrected chi connectivity index (χ2v) is 4.00. The van der Waals surface area contributed by atoms with Crippen LogP contribution < -0.4 is 5.32 Å². The van der Waals surface area contributed by atoms with Gasteiger partial charge >= 0.3 is 5.97 Å². The minimum Gasteiger partial charge on any atom is -0.481 e. The first-order valence-electron chi connectivity index (χ1n) is 4.65. The van der Waals surface area contributed by atoms with Crippen molar-refractivity contribution in [2.24, 2.45) is 0 Å². The summed E-state index contributed by atoms with van der Waals surface area (Å²) in [7, 11) is 0. The van der Waals surface area contributed by atoms with E-state index in [1.807, 2.05) is 6.07 Å². The summed E-state index contributed by atoms with van der Waals surface area (Å²) in [5.41, 5.74) is 0.435. The average Bonchev–Trinajstić information content (AvgIpc) is 2.25. The highest BCUT2D eigenvalue weighted by atomic mass is 79.9. The van der Waals surface area contributed by atoms with E-state index in [2.05, 4.69) is 26.2 Å². The van der Waals surface area contributed by atoms with Gasteiger partial charge in [0.15, 0.2) is 0 Å². The summed E-state index contributed by atoms with van der Waals surface area (Å²) in [6, 6.07) is 3.67. The second kappa shape index (κ2) is 6.08. The van der Waals surface area contributed by atoms with E-state index in [0.717, 1.165) is 4.47 Å².